The molecule has 1 aromatic carbocycles. The predicted molar refractivity (Wildman–Crippen MR) is 94.6 cm³/mol. The fourth-order valence-corrected chi connectivity index (χ4v) is 2.50. The minimum atomic E-state index is -0.649. The smallest absolute Gasteiger partial charge is 0.342 e. The molecule has 0 fully saturated rings. The number of aromatic amines is 1. The molecule has 134 valence electrons. The van der Waals surface area contributed by atoms with Crippen LogP contribution in [0.15, 0.2) is 53.3 Å². The summed E-state index contributed by atoms with van der Waals surface area (Å²) in [5, 5.41) is 9.90. The van der Waals surface area contributed by atoms with Gasteiger partial charge in [0.25, 0.3) is 5.91 Å². The monoisotopic (exact) mass is 373 g/mol. The molecule has 0 saturated carbocycles. The number of furan rings is 1. The zero-order valence-electron chi connectivity index (χ0n) is 13.9. The number of carbonyl (C=O) groups excluding carboxylic acids is 2. The van der Waals surface area contributed by atoms with Gasteiger partial charge in [0.2, 0.25) is 0 Å². The lowest BCUT2D eigenvalue weighted by Crippen LogP contribution is -2.31. The number of hydrogen-bond acceptors (Lipinski definition) is 5. The molecule has 1 unspecified atom stereocenters. The molecule has 0 aliphatic heterocycles. The van der Waals surface area contributed by atoms with Gasteiger partial charge in [-0.05, 0) is 31.2 Å². The van der Waals surface area contributed by atoms with Crippen molar-refractivity contribution >= 4 is 23.5 Å². The van der Waals surface area contributed by atoms with Gasteiger partial charge >= 0.3 is 5.97 Å². The number of aromatic nitrogens is 2. The molecule has 26 heavy (non-hydrogen) atoms. The molecule has 2 N–H and O–H groups in total. The molecule has 0 saturated heterocycles. The summed E-state index contributed by atoms with van der Waals surface area (Å²) in [6, 6.07) is 10.1. The van der Waals surface area contributed by atoms with E-state index in [1.807, 2.05) is 0 Å². The number of carbonyl (C=O) groups is 2. The maximum absolute atomic E-state index is 12.3. The van der Waals surface area contributed by atoms with Crippen LogP contribution < -0.4 is 5.32 Å². The molecule has 1 amide bonds. The molecule has 8 heteroatoms. The fraction of sp³-hybridized carbons (Fsp3) is 0.167. The second-order valence-corrected chi connectivity index (χ2v) is 5.98. The summed E-state index contributed by atoms with van der Waals surface area (Å²) in [4.78, 5) is 24.2. The summed E-state index contributed by atoms with van der Waals surface area (Å²) in [5.41, 5.74) is 1.46. The number of ether oxygens (including phenoxy) is 1. The van der Waals surface area contributed by atoms with Crippen molar-refractivity contribution in [3.63, 3.8) is 0 Å². The van der Waals surface area contributed by atoms with Crippen LogP contribution in [0.25, 0.3) is 11.3 Å². The molecule has 1 atom stereocenters. The summed E-state index contributed by atoms with van der Waals surface area (Å²) in [6.45, 7) is 1.36. The van der Waals surface area contributed by atoms with Gasteiger partial charge in [-0.2, -0.15) is 5.10 Å². The maximum Gasteiger partial charge on any atom is 0.342 e. The van der Waals surface area contributed by atoms with E-state index in [4.69, 9.17) is 20.8 Å². The van der Waals surface area contributed by atoms with E-state index in [1.54, 1.807) is 43.3 Å². The summed E-state index contributed by atoms with van der Waals surface area (Å²) in [6.07, 6.45) is 2.88. The first-order valence-corrected chi connectivity index (χ1v) is 8.21. The lowest BCUT2D eigenvalue weighted by atomic mass is 10.1. The Balaban J connectivity index is 1.60. The number of nitrogens with one attached hydrogen (secondary N) is 2. The second-order valence-electron chi connectivity index (χ2n) is 5.55. The third kappa shape index (κ3) is 4.12. The Hall–Kier alpha value is -3.06. The van der Waals surface area contributed by atoms with Crippen LogP contribution in [0.5, 0.6) is 0 Å². The van der Waals surface area contributed by atoms with Gasteiger partial charge in [0.05, 0.1) is 24.2 Å². The average Bonchev–Trinajstić information content (AvgIpc) is 3.32. The number of halogens is 1. The molecule has 0 aliphatic rings. The molecule has 2 heterocycles. The van der Waals surface area contributed by atoms with Crippen molar-refractivity contribution in [3.05, 3.63) is 65.2 Å². The number of amides is 1. The fourth-order valence-electron chi connectivity index (χ4n) is 2.38. The average molecular weight is 374 g/mol. The van der Waals surface area contributed by atoms with Gasteiger partial charge in [0.1, 0.15) is 11.3 Å². The quantitative estimate of drug-likeness (QED) is 0.646. The second kappa shape index (κ2) is 7.88. The Morgan fingerprint density at radius 1 is 1.31 bits per heavy atom. The van der Waals surface area contributed by atoms with Crippen molar-refractivity contribution < 1.29 is 18.7 Å². The van der Waals surface area contributed by atoms with Gasteiger partial charge in [-0.3, -0.25) is 9.89 Å². The van der Waals surface area contributed by atoms with Crippen LogP contribution >= 0.6 is 11.6 Å². The highest BCUT2D eigenvalue weighted by atomic mass is 35.5. The SMILES string of the molecule is CC(NC(=O)COC(=O)c1cn[nH]c1-c1ccc(Cl)cc1)c1ccco1. The first-order chi connectivity index (χ1) is 12.5. The molecular formula is C18H16ClN3O4. The summed E-state index contributed by atoms with van der Waals surface area (Å²) in [7, 11) is 0. The normalized spacial score (nSPS) is 11.8. The van der Waals surface area contributed by atoms with E-state index in [0.29, 0.717) is 16.5 Å². The first kappa shape index (κ1) is 17.8. The van der Waals surface area contributed by atoms with Crippen molar-refractivity contribution in [1.82, 2.24) is 15.5 Å². The third-order valence-corrected chi connectivity index (χ3v) is 3.93. The zero-order chi connectivity index (χ0) is 18.5. The van der Waals surface area contributed by atoms with Crippen molar-refractivity contribution in [2.45, 2.75) is 13.0 Å². The number of hydrogen-bond donors (Lipinski definition) is 2. The highest BCUT2D eigenvalue weighted by Crippen LogP contribution is 2.23. The zero-order valence-corrected chi connectivity index (χ0v) is 14.6. The van der Waals surface area contributed by atoms with Gasteiger partial charge in [-0.1, -0.05) is 23.7 Å². The van der Waals surface area contributed by atoms with E-state index in [-0.39, 0.29) is 11.6 Å². The van der Waals surface area contributed by atoms with Crippen LogP contribution in [0.4, 0.5) is 0 Å². The molecular weight excluding hydrogens is 358 g/mol. The lowest BCUT2D eigenvalue weighted by molar-refractivity contribution is -0.125. The van der Waals surface area contributed by atoms with Crippen LogP contribution in [-0.2, 0) is 9.53 Å². The Morgan fingerprint density at radius 3 is 2.77 bits per heavy atom. The number of rotatable bonds is 6. The van der Waals surface area contributed by atoms with E-state index < -0.39 is 18.5 Å². The Kier molecular flexibility index (Phi) is 5.38. The molecule has 0 bridgehead atoms. The minimum Gasteiger partial charge on any atom is -0.467 e. The van der Waals surface area contributed by atoms with Gasteiger partial charge in [-0.15, -0.1) is 0 Å². The third-order valence-electron chi connectivity index (χ3n) is 3.67. The molecule has 7 nitrogen and oxygen atoms in total. The predicted octanol–water partition coefficient (Wildman–Crippen LogP) is 3.36. The summed E-state index contributed by atoms with van der Waals surface area (Å²) in [5.74, 6) is -0.465. The van der Waals surface area contributed by atoms with E-state index >= 15 is 0 Å². The topological polar surface area (TPSA) is 97.2 Å². The van der Waals surface area contributed by atoms with Crippen molar-refractivity contribution in [3.8, 4) is 11.3 Å². The highest BCUT2D eigenvalue weighted by Gasteiger charge is 2.19. The van der Waals surface area contributed by atoms with Crippen LogP contribution in [0.1, 0.15) is 29.1 Å². The number of benzene rings is 1. The van der Waals surface area contributed by atoms with E-state index in [0.717, 1.165) is 5.56 Å². The Morgan fingerprint density at radius 2 is 2.08 bits per heavy atom. The molecule has 0 aliphatic carbocycles. The number of H-pyrrole nitrogens is 1. The minimum absolute atomic E-state index is 0.235. The van der Waals surface area contributed by atoms with Gasteiger partial charge in [-0.25, -0.2) is 4.79 Å². The van der Waals surface area contributed by atoms with Crippen LogP contribution in [-0.4, -0.2) is 28.7 Å². The molecule has 0 radical (unpaired) electrons. The standard InChI is InChI=1S/C18H16ClN3O4/c1-11(15-3-2-8-25-15)21-16(23)10-26-18(24)14-9-20-22-17(14)12-4-6-13(19)7-5-12/h2-9,11H,10H2,1H3,(H,20,22)(H,21,23). The van der Waals surface area contributed by atoms with Gasteiger partial charge in [0.15, 0.2) is 6.61 Å². The van der Waals surface area contributed by atoms with Gasteiger partial charge < -0.3 is 14.5 Å². The number of nitrogens with zero attached hydrogens (tertiary/aromatic N) is 1. The molecule has 3 rings (SSSR count). The van der Waals surface area contributed by atoms with Crippen LogP contribution in [0.3, 0.4) is 0 Å². The molecule has 3 aromatic rings. The molecule has 0 spiro atoms. The number of esters is 1. The van der Waals surface area contributed by atoms with E-state index in [2.05, 4.69) is 15.5 Å². The van der Waals surface area contributed by atoms with Crippen molar-refractivity contribution in [2.24, 2.45) is 0 Å². The van der Waals surface area contributed by atoms with Crippen LogP contribution in [0, 0.1) is 0 Å². The van der Waals surface area contributed by atoms with Crippen molar-refractivity contribution in [1.29, 1.82) is 0 Å². The van der Waals surface area contributed by atoms with E-state index in [1.165, 1.54) is 12.5 Å². The first-order valence-electron chi connectivity index (χ1n) is 7.84. The summed E-state index contributed by atoms with van der Waals surface area (Å²) < 4.78 is 10.3. The Bertz CT molecular complexity index is 888. The van der Waals surface area contributed by atoms with E-state index in [9.17, 15) is 9.59 Å². The largest absolute Gasteiger partial charge is 0.467 e. The lowest BCUT2D eigenvalue weighted by Gasteiger charge is -2.11. The highest BCUT2D eigenvalue weighted by molar-refractivity contribution is 6.30. The molecule has 2 aromatic heterocycles. The maximum atomic E-state index is 12.3. The Labute approximate surface area is 154 Å². The van der Waals surface area contributed by atoms with Gasteiger partial charge in [0, 0.05) is 10.6 Å². The van der Waals surface area contributed by atoms with Crippen molar-refractivity contribution in [2.75, 3.05) is 6.61 Å². The van der Waals surface area contributed by atoms with Crippen LogP contribution in [0.2, 0.25) is 5.02 Å². The summed E-state index contributed by atoms with van der Waals surface area (Å²) >= 11 is 5.87.